The van der Waals surface area contributed by atoms with E-state index in [2.05, 4.69) is 74.7 Å². The second-order valence-electron chi connectivity index (χ2n) is 20.4. The number of likely N-dealkylation sites (N-methyl/N-ethyl adjacent to an activating group) is 1. The van der Waals surface area contributed by atoms with Gasteiger partial charge in [0.25, 0.3) is 0 Å². The summed E-state index contributed by atoms with van der Waals surface area (Å²) in [5.74, 6) is -0.523. The monoisotopic (exact) mass is 990 g/mol. The molecule has 0 aromatic heterocycles. The largest absolute Gasteiger partial charge is 0.472 e. The summed E-state index contributed by atoms with van der Waals surface area (Å²) < 4.78 is 30.6. The number of quaternary nitrogens is 1. The van der Waals surface area contributed by atoms with Crippen LogP contribution >= 0.6 is 7.82 Å². The number of nitrogens with zero attached hydrogens (tertiary/aromatic N) is 1. The molecule has 0 aliphatic heterocycles. The SMILES string of the molecule is CC/C=C/C/C=C/CCCCCCCCCC(=O)NC(COP(=O)(O)OCC[N+](C)(C)C)C(/C=C/CCCCCCCCCCCC)OC(=O)CCCCCCCCC/C=C\C/C=C\CCCCC. The molecule has 1 amide bonds. The molecule has 0 radical (unpaired) electrons. The second kappa shape index (κ2) is 49.3. The number of allylic oxidation sites excluding steroid dienone is 9. The predicted octanol–water partition coefficient (Wildman–Crippen LogP) is 17.1. The minimum atomic E-state index is -4.45. The molecule has 0 saturated carbocycles. The van der Waals surface area contributed by atoms with Gasteiger partial charge in [0.2, 0.25) is 5.91 Å². The Morgan fingerprint density at radius 2 is 0.928 bits per heavy atom. The van der Waals surface area contributed by atoms with Crippen molar-refractivity contribution in [1.82, 2.24) is 5.32 Å². The summed E-state index contributed by atoms with van der Waals surface area (Å²) in [6.45, 7) is 6.87. The average molecular weight is 991 g/mol. The van der Waals surface area contributed by atoms with Crippen LogP contribution in [0.25, 0.3) is 0 Å². The first kappa shape index (κ1) is 66.7. The number of unbranched alkanes of at least 4 members (excludes halogenated alkanes) is 27. The summed E-state index contributed by atoms with van der Waals surface area (Å²) >= 11 is 0. The third-order valence-electron chi connectivity index (χ3n) is 12.4. The van der Waals surface area contributed by atoms with Crippen molar-refractivity contribution in [2.45, 2.75) is 264 Å². The van der Waals surface area contributed by atoms with Crippen LogP contribution in [-0.4, -0.2) is 74.3 Å². The lowest BCUT2D eigenvalue weighted by Gasteiger charge is -2.27. The number of esters is 1. The maximum absolute atomic E-state index is 13.5. The molecule has 0 spiro atoms. The van der Waals surface area contributed by atoms with Crippen molar-refractivity contribution in [1.29, 1.82) is 0 Å². The Labute approximate surface area is 426 Å². The number of carbonyl (C=O) groups is 2. The van der Waals surface area contributed by atoms with Gasteiger partial charge in [-0.25, -0.2) is 4.57 Å². The highest BCUT2D eigenvalue weighted by atomic mass is 31.2. The van der Waals surface area contributed by atoms with Crippen molar-refractivity contribution in [3.8, 4) is 0 Å². The molecule has 2 N–H and O–H groups in total. The van der Waals surface area contributed by atoms with E-state index in [0.29, 0.717) is 17.4 Å². The van der Waals surface area contributed by atoms with Gasteiger partial charge in [0.1, 0.15) is 19.3 Å². The number of ether oxygens (including phenoxy) is 1. The lowest BCUT2D eigenvalue weighted by molar-refractivity contribution is -0.870. The number of amides is 1. The summed E-state index contributed by atoms with van der Waals surface area (Å²) in [6, 6.07) is -0.855. The zero-order valence-electron chi connectivity index (χ0n) is 45.8. The van der Waals surface area contributed by atoms with Gasteiger partial charge in [0, 0.05) is 12.8 Å². The molecule has 0 aliphatic rings. The van der Waals surface area contributed by atoms with Crippen molar-refractivity contribution in [2.75, 3.05) is 40.9 Å². The first-order valence-electron chi connectivity index (χ1n) is 28.6. The van der Waals surface area contributed by atoms with E-state index < -0.39 is 20.0 Å². The van der Waals surface area contributed by atoms with Crippen LogP contribution in [0.3, 0.4) is 0 Å². The van der Waals surface area contributed by atoms with E-state index in [0.717, 1.165) is 103 Å². The quantitative estimate of drug-likeness (QED) is 0.0205. The Morgan fingerprint density at radius 1 is 0.522 bits per heavy atom. The molecule has 0 saturated heterocycles. The van der Waals surface area contributed by atoms with Gasteiger partial charge < -0.3 is 19.4 Å². The Bertz CT molecular complexity index is 1370. The number of phosphoric acid groups is 1. The molecule has 0 heterocycles. The molecule has 10 heteroatoms. The van der Waals surface area contributed by atoms with Crippen LogP contribution in [0.5, 0.6) is 0 Å². The Kier molecular flexibility index (Phi) is 47.7. The van der Waals surface area contributed by atoms with E-state index in [9.17, 15) is 19.0 Å². The average Bonchev–Trinajstić information content (AvgIpc) is 3.31. The molecular weight excluding hydrogens is 880 g/mol. The normalized spacial score (nSPS) is 14.2. The zero-order chi connectivity index (χ0) is 50.8. The van der Waals surface area contributed by atoms with Crippen LogP contribution in [0.2, 0.25) is 0 Å². The highest BCUT2D eigenvalue weighted by Crippen LogP contribution is 2.43. The van der Waals surface area contributed by atoms with Gasteiger partial charge in [0.05, 0.1) is 33.8 Å². The summed E-state index contributed by atoms with van der Waals surface area (Å²) in [5, 5.41) is 3.04. The molecule has 402 valence electrons. The van der Waals surface area contributed by atoms with Gasteiger partial charge in [-0.2, -0.15) is 0 Å². The van der Waals surface area contributed by atoms with Crippen LogP contribution in [0.15, 0.2) is 60.8 Å². The summed E-state index contributed by atoms with van der Waals surface area (Å²) in [5.41, 5.74) is 0. The topological polar surface area (TPSA) is 111 Å². The van der Waals surface area contributed by atoms with Crippen molar-refractivity contribution >= 4 is 19.7 Å². The summed E-state index contributed by atoms with van der Waals surface area (Å²) in [6.07, 6.45) is 60.6. The molecule has 0 fully saturated rings. The molecule has 0 bridgehead atoms. The van der Waals surface area contributed by atoms with Crippen LogP contribution in [0, 0.1) is 0 Å². The first-order valence-corrected chi connectivity index (χ1v) is 30.1. The Morgan fingerprint density at radius 3 is 1.41 bits per heavy atom. The molecular formula is C59H110N2O7P+. The molecule has 9 nitrogen and oxygen atoms in total. The fraction of sp³-hybridized carbons (Fsp3) is 0.797. The van der Waals surface area contributed by atoms with Crippen molar-refractivity contribution in [3.05, 3.63) is 60.8 Å². The third kappa shape index (κ3) is 50.4. The summed E-state index contributed by atoms with van der Waals surface area (Å²) in [7, 11) is 1.48. The number of hydrogen-bond donors (Lipinski definition) is 2. The van der Waals surface area contributed by atoms with Crippen LogP contribution in [0.1, 0.15) is 252 Å². The van der Waals surface area contributed by atoms with Crippen LogP contribution < -0.4 is 5.32 Å². The minimum Gasteiger partial charge on any atom is -0.456 e. The molecule has 0 aliphatic carbocycles. The number of nitrogens with one attached hydrogen (secondary N) is 1. The predicted molar refractivity (Wildman–Crippen MR) is 295 cm³/mol. The highest BCUT2D eigenvalue weighted by molar-refractivity contribution is 7.47. The highest BCUT2D eigenvalue weighted by Gasteiger charge is 2.30. The number of phosphoric ester groups is 1. The van der Waals surface area contributed by atoms with E-state index in [1.807, 2.05) is 33.3 Å². The standard InChI is InChI=1S/C59H109N2O7P/c1-7-10-13-16-19-22-25-28-30-31-32-34-37-40-43-46-49-52-59(63)68-57(50-47-44-41-38-35-27-24-21-18-15-12-9-3)56(55-67-69(64,65)66-54-53-61(4,5)6)60-58(62)51-48-45-42-39-36-33-29-26-23-20-17-14-11-8-2/h11,14,19-20,22-23,28,30,47,50,56-57H,7-10,12-13,15-18,21,24-27,29,31-46,48-49,51-55H2,1-6H3,(H-,60,62,64,65)/p+1/b14-11+,22-19-,23-20+,30-28-,50-47+. The minimum absolute atomic E-state index is 0.0359. The molecule has 3 unspecified atom stereocenters. The number of carbonyl (C=O) groups excluding carboxylic acids is 2. The third-order valence-corrected chi connectivity index (χ3v) is 13.4. The first-order chi connectivity index (χ1) is 33.4. The molecule has 0 aromatic rings. The fourth-order valence-corrected chi connectivity index (χ4v) is 8.74. The molecule has 0 rings (SSSR count). The van der Waals surface area contributed by atoms with Gasteiger partial charge in [-0.15, -0.1) is 0 Å². The van der Waals surface area contributed by atoms with Gasteiger partial charge in [0.15, 0.2) is 0 Å². The maximum atomic E-state index is 13.5. The van der Waals surface area contributed by atoms with E-state index in [1.54, 1.807) is 0 Å². The number of rotatable bonds is 51. The van der Waals surface area contributed by atoms with Gasteiger partial charge in [-0.3, -0.25) is 18.6 Å². The van der Waals surface area contributed by atoms with Crippen molar-refractivity contribution in [3.63, 3.8) is 0 Å². The van der Waals surface area contributed by atoms with E-state index in [-0.39, 0.29) is 31.5 Å². The Balaban J connectivity index is 5.36. The fourth-order valence-electron chi connectivity index (χ4n) is 8.01. The van der Waals surface area contributed by atoms with Crippen molar-refractivity contribution < 1.29 is 37.3 Å². The lowest BCUT2D eigenvalue weighted by Crippen LogP contribution is -2.47. The second-order valence-corrected chi connectivity index (χ2v) is 21.9. The Hall–Kier alpha value is -2.29. The van der Waals surface area contributed by atoms with Gasteiger partial charge in [-0.1, -0.05) is 210 Å². The smallest absolute Gasteiger partial charge is 0.456 e. The van der Waals surface area contributed by atoms with Crippen LogP contribution in [0.4, 0.5) is 0 Å². The lowest BCUT2D eigenvalue weighted by atomic mass is 10.0. The van der Waals surface area contributed by atoms with E-state index in [4.69, 9.17) is 13.8 Å². The van der Waals surface area contributed by atoms with E-state index >= 15 is 0 Å². The van der Waals surface area contributed by atoms with Gasteiger partial charge in [-0.05, 0) is 89.5 Å². The van der Waals surface area contributed by atoms with Gasteiger partial charge >= 0.3 is 13.8 Å². The molecule has 0 aromatic carbocycles. The maximum Gasteiger partial charge on any atom is 0.472 e. The number of hydrogen-bond acceptors (Lipinski definition) is 6. The van der Waals surface area contributed by atoms with Crippen LogP contribution in [-0.2, 0) is 27.9 Å². The van der Waals surface area contributed by atoms with Crippen molar-refractivity contribution in [2.24, 2.45) is 0 Å². The van der Waals surface area contributed by atoms with E-state index in [1.165, 1.54) is 116 Å². The summed E-state index contributed by atoms with van der Waals surface area (Å²) in [4.78, 5) is 37.6. The zero-order valence-corrected chi connectivity index (χ0v) is 46.7. The molecule has 69 heavy (non-hydrogen) atoms. The molecule has 3 atom stereocenters.